The van der Waals surface area contributed by atoms with Crippen molar-refractivity contribution in [2.24, 2.45) is 0 Å². The van der Waals surface area contributed by atoms with Crippen LogP contribution in [-0.4, -0.2) is 15.0 Å². The molecular formula is C53H31N3O2. The molecule has 12 aromatic rings. The summed E-state index contributed by atoms with van der Waals surface area (Å²) in [6.45, 7) is 0. The van der Waals surface area contributed by atoms with Crippen LogP contribution in [0.3, 0.4) is 0 Å². The minimum atomic E-state index is 0.558. The summed E-state index contributed by atoms with van der Waals surface area (Å²) in [5.74, 6) is 1.69. The molecule has 0 fully saturated rings. The molecule has 5 heteroatoms. The fourth-order valence-corrected chi connectivity index (χ4v) is 8.71. The van der Waals surface area contributed by atoms with Crippen LogP contribution >= 0.6 is 0 Å². The second kappa shape index (κ2) is 12.8. The average molecular weight is 742 g/mol. The summed E-state index contributed by atoms with van der Waals surface area (Å²) < 4.78 is 13.7. The van der Waals surface area contributed by atoms with Crippen molar-refractivity contribution < 1.29 is 8.83 Å². The van der Waals surface area contributed by atoms with E-state index in [4.69, 9.17) is 23.8 Å². The third kappa shape index (κ3) is 5.00. The molecule has 0 saturated carbocycles. The van der Waals surface area contributed by atoms with E-state index in [1.807, 2.05) is 30.3 Å². The first kappa shape index (κ1) is 32.4. The van der Waals surface area contributed by atoms with Gasteiger partial charge >= 0.3 is 0 Å². The van der Waals surface area contributed by atoms with Crippen LogP contribution in [0.5, 0.6) is 0 Å². The van der Waals surface area contributed by atoms with E-state index >= 15 is 0 Å². The lowest BCUT2D eigenvalue weighted by molar-refractivity contribution is 0.672. The molecule has 0 amide bonds. The summed E-state index contributed by atoms with van der Waals surface area (Å²) in [6.07, 6.45) is 0. The third-order valence-corrected chi connectivity index (χ3v) is 11.3. The number of hydrogen-bond acceptors (Lipinski definition) is 5. The summed E-state index contributed by atoms with van der Waals surface area (Å²) in [4.78, 5) is 16.1. The number of benzene rings is 9. The molecular weight excluding hydrogens is 711 g/mol. The first-order chi connectivity index (χ1) is 28.8. The highest BCUT2D eigenvalue weighted by atomic mass is 16.3. The van der Waals surface area contributed by atoms with Gasteiger partial charge in [0.05, 0.1) is 0 Å². The summed E-state index contributed by atoms with van der Waals surface area (Å²) in [6, 6.07) is 64.8. The number of fused-ring (bicyclic) bond motifs is 10. The zero-order chi connectivity index (χ0) is 38.2. The normalized spacial score (nSPS) is 11.8. The van der Waals surface area contributed by atoms with E-state index in [0.29, 0.717) is 17.5 Å². The molecule has 0 spiro atoms. The summed E-state index contributed by atoms with van der Waals surface area (Å²) in [7, 11) is 0. The molecule has 3 heterocycles. The minimum Gasteiger partial charge on any atom is -0.455 e. The quantitative estimate of drug-likeness (QED) is 0.176. The molecule has 0 aliphatic heterocycles. The predicted molar refractivity (Wildman–Crippen MR) is 237 cm³/mol. The van der Waals surface area contributed by atoms with Crippen LogP contribution < -0.4 is 0 Å². The average Bonchev–Trinajstić information content (AvgIpc) is 3.90. The molecule has 0 unspecified atom stereocenters. The standard InChI is InChI=1S/C53H31N3O2/c1-4-16-32(17-5-1)37-26-14-28-43-45(37)47-41(30-35-22-10-12-24-39(35)49(47)57-43)52-54-51(34-20-8-3-9-21-34)55-53(56-52)42-31-36-23-11-13-25-40(36)50-48(42)46-38(27-15-29-44(46)58-50)33-18-6-2-7-19-33/h1-31H. The Bertz CT molecular complexity index is 3340. The van der Waals surface area contributed by atoms with Crippen molar-refractivity contribution in [3.05, 3.63) is 188 Å². The number of nitrogens with zero attached hydrogens (tertiary/aromatic N) is 3. The lowest BCUT2D eigenvalue weighted by atomic mass is 9.94. The summed E-state index contributed by atoms with van der Waals surface area (Å²) in [5, 5.41) is 8.11. The Labute approximate surface area is 332 Å². The van der Waals surface area contributed by atoms with Crippen LogP contribution in [0.1, 0.15) is 0 Å². The van der Waals surface area contributed by atoms with Crippen LogP contribution in [-0.2, 0) is 0 Å². The molecule has 58 heavy (non-hydrogen) atoms. The van der Waals surface area contributed by atoms with Gasteiger partial charge in [0.25, 0.3) is 0 Å². The first-order valence-corrected chi connectivity index (χ1v) is 19.4. The van der Waals surface area contributed by atoms with Crippen molar-refractivity contribution in [2.45, 2.75) is 0 Å². The van der Waals surface area contributed by atoms with Crippen molar-refractivity contribution in [3.8, 4) is 56.4 Å². The number of rotatable bonds is 5. The van der Waals surface area contributed by atoms with Crippen molar-refractivity contribution in [1.29, 1.82) is 0 Å². The fourth-order valence-electron chi connectivity index (χ4n) is 8.71. The van der Waals surface area contributed by atoms with Crippen LogP contribution in [0.15, 0.2) is 197 Å². The van der Waals surface area contributed by atoms with E-state index in [2.05, 4.69) is 158 Å². The smallest absolute Gasteiger partial charge is 0.164 e. The topological polar surface area (TPSA) is 65.0 Å². The van der Waals surface area contributed by atoms with Gasteiger partial charge in [0, 0.05) is 49.0 Å². The van der Waals surface area contributed by atoms with Crippen LogP contribution in [0.4, 0.5) is 0 Å². The van der Waals surface area contributed by atoms with Crippen LogP contribution in [0.2, 0.25) is 0 Å². The molecule has 0 atom stereocenters. The zero-order valence-electron chi connectivity index (χ0n) is 31.1. The highest BCUT2D eigenvalue weighted by Gasteiger charge is 2.25. The van der Waals surface area contributed by atoms with Gasteiger partial charge in [0.1, 0.15) is 22.3 Å². The molecule has 0 aliphatic rings. The Morgan fingerprint density at radius 2 is 0.690 bits per heavy atom. The van der Waals surface area contributed by atoms with E-state index in [-0.39, 0.29) is 0 Å². The summed E-state index contributed by atoms with van der Waals surface area (Å²) >= 11 is 0. The molecule has 0 bridgehead atoms. The Kier molecular flexibility index (Phi) is 7.16. The van der Waals surface area contributed by atoms with Crippen molar-refractivity contribution >= 4 is 65.4 Å². The van der Waals surface area contributed by atoms with Crippen LogP contribution in [0, 0.1) is 0 Å². The Balaban J connectivity index is 1.23. The molecule has 12 rings (SSSR count). The largest absolute Gasteiger partial charge is 0.455 e. The number of furan rings is 2. The van der Waals surface area contributed by atoms with Gasteiger partial charge in [-0.25, -0.2) is 15.0 Å². The van der Waals surface area contributed by atoms with Gasteiger partial charge in [0.2, 0.25) is 0 Å². The van der Waals surface area contributed by atoms with Gasteiger partial charge in [-0.3, -0.25) is 0 Å². The molecule has 5 nitrogen and oxygen atoms in total. The minimum absolute atomic E-state index is 0.558. The van der Waals surface area contributed by atoms with Gasteiger partial charge in [0.15, 0.2) is 17.5 Å². The maximum absolute atomic E-state index is 6.84. The zero-order valence-corrected chi connectivity index (χ0v) is 31.1. The molecule has 0 radical (unpaired) electrons. The lowest BCUT2D eigenvalue weighted by Crippen LogP contribution is -2.01. The van der Waals surface area contributed by atoms with Crippen molar-refractivity contribution in [1.82, 2.24) is 15.0 Å². The second-order valence-corrected chi connectivity index (χ2v) is 14.7. The molecule has 3 aromatic heterocycles. The van der Waals surface area contributed by atoms with Gasteiger partial charge in [-0.05, 0) is 57.3 Å². The van der Waals surface area contributed by atoms with Crippen LogP contribution in [0.25, 0.3) is 122 Å². The van der Waals surface area contributed by atoms with Crippen molar-refractivity contribution in [3.63, 3.8) is 0 Å². The number of hydrogen-bond donors (Lipinski definition) is 0. The summed E-state index contributed by atoms with van der Waals surface area (Å²) in [5.41, 5.74) is 10.2. The van der Waals surface area contributed by atoms with E-state index in [1.165, 1.54) is 0 Å². The molecule has 0 aliphatic carbocycles. The monoisotopic (exact) mass is 741 g/mol. The molecule has 0 saturated heterocycles. The first-order valence-electron chi connectivity index (χ1n) is 19.4. The van der Waals surface area contributed by atoms with E-state index in [0.717, 1.165) is 104 Å². The lowest BCUT2D eigenvalue weighted by Gasteiger charge is -2.13. The van der Waals surface area contributed by atoms with E-state index < -0.39 is 0 Å². The van der Waals surface area contributed by atoms with E-state index in [9.17, 15) is 0 Å². The predicted octanol–water partition coefficient (Wildman–Crippen LogP) is 14.3. The number of aromatic nitrogens is 3. The third-order valence-electron chi connectivity index (χ3n) is 11.3. The Hall–Kier alpha value is -7.89. The SMILES string of the molecule is c1ccc(-c2nc(-c3cc4ccccc4c4oc5cccc(-c6ccccc6)c5c34)nc(-c3cc4ccccc4c4oc5cccc(-c6ccccc6)c5c34)n2)cc1. The van der Waals surface area contributed by atoms with Gasteiger partial charge in [-0.2, -0.15) is 0 Å². The fraction of sp³-hybridized carbons (Fsp3) is 0. The van der Waals surface area contributed by atoms with Gasteiger partial charge < -0.3 is 8.83 Å². The molecule has 0 N–H and O–H groups in total. The van der Waals surface area contributed by atoms with Crippen molar-refractivity contribution in [2.75, 3.05) is 0 Å². The maximum Gasteiger partial charge on any atom is 0.164 e. The maximum atomic E-state index is 6.84. The highest BCUT2D eigenvalue weighted by Crippen LogP contribution is 2.47. The Morgan fingerprint density at radius 3 is 1.16 bits per heavy atom. The van der Waals surface area contributed by atoms with Gasteiger partial charge in [-0.15, -0.1) is 0 Å². The highest BCUT2D eigenvalue weighted by molar-refractivity contribution is 6.25. The second-order valence-electron chi connectivity index (χ2n) is 14.7. The van der Waals surface area contributed by atoms with E-state index in [1.54, 1.807) is 0 Å². The molecule has 9 aromatic carbocycles. The molecule has 270 valence electrons. The van der Waals surface area contributed by atoms with Gasteiger partial charge in [-0.1, -0.05) is 164 Å². The Morgan fingerprint density at radius 1 is 0.293 bits per heavy atom.